The van der Waals surface area contributed by atoms with Crippen LogP contribution >= 0.6 is 11.6 Å². The van der Waals surface area contributed by atoms with Gasteiger partial charge in [-0.3, -0.25) is 4.99 Å². The van der Waals surface area contributed by atoms with Gasteiger partial charge in [0.15, 0.2) is 5.96 Å². The molecule has 2 aromatic heterocycles. The van der Waals surface area contributed by atoms with Gasteiger partial charge in [0.2, 0.25) is 0 Å². The average Bonchev–Trinajstić information content (AvgIpc) is 3.25. The van der Waals surface area contributed by atoms with E-state index < -0.39 is 0 Å². The Labute approximate surface area is 188 Å². The van der Waals surface area contributed by atoms with E-state index in [0.29, 0.717) is 11.6 Å². The van der Waals surface area contributed by atoms with Crippen LogP contribution < -0.4 is 20.4 Å². The Kier molecular flexibility index (Phi) is 7.09. The highest BCUT2D eigenvalue weighted by atomic mass is 35.5. The fraction of sp³-hybridized carbons (Fsp3) is 0.500. The molecule has 0 spiro atoms. The summed E-state index contributed by atoms with van der Waals surface area (Å²) in [5.74, 6) is 2.63. The molecule has 4 rings (SSSR count). The SMILES string of the molecule is CN=C(NCc1ccc(N2CCOC(C)C2)nc1)NC1CCN(c2ncccc2Cl)C1. The second kappa shape index (κ2) is 10.2. The summed E-state index contributed by atoms with van der Waals surface area (Å²) in [5.41, 5.74) is 1.11. The largest absolute Gasteiger partial charge is 0.375 e. The molecule has 0 aliphatic carbocycles. The maximum atomic E-state index is 6.29. The van der Waals surface area contributed by atoms with Crippen LogP contribution in [0.4, 0.5) is 11.6 Å². The van der Waals surface area contributed by atoms with E-state index in [2.05, 4.69) is 54.5 Å². The fourth-order valence-electron chi connectivity index (χ4n) is 3.99. The van der Waals surface area contributed by atoms with Crippen LogP contribution in [0.25, 0.3) is 0 Å². The lowest BCUT2D eigenvalue weighted by molar-refractivity contribution is 0.0529. The van der Waals surface area contributed by atoms with Crippen molar-refractivity contribution in [1.29, 1.82) is 0 Å². The number of rotatable bonds is 5. The first-order valence-corrected chi connectivity index (χ1v) is 11.1. The lowest BCUT2D eigenvalue weighted by atomic mass is 10.2. The van der Waals surface area contributed by atoms with Crippen molar-refractivity contribution in [3.8, 4) is 0 Å². The van der Waals surface area contributed by atoms with Gasteiger partial charge in [0, 0.05) is 58.2 Å². The second-order valence-electron chi connectivity index (χ2n) is 7.96. The molecule has 0 amide bonds. The summed E-state index contributed by atoms with van der Waals surface area (Å²) in [6.07, 6.45) is 4.95. The number of hydrogen-bond acceptors (Lipinski definition) is 6. The minimum absolute atomic E-state index is 0.242. The van der Waals surface area contributed by atoms with E-state index in [0.717, 1.165) is 62.4 Å². The molecule has 0 aromatic carbocycles. The third-order valence-electron chi connectivity index (χ3n) is 5.63. The van der Waals surface area contributed by atoms with E-state index >= 15 is 0 Å². The van der Waals surface area contributed by atoms with Crippen molar-refractivity contribution in [2.45, 2.75) is 32.0 Å². The van der Waals surface area contributed by atoms with E-state index in [1.807, 2.05) is 18.3 Å². The third kappa shape index (κ3) is 5.57. The van der Waals surface area contributed by atoms with E-state index in [1.54, 1.807) is 13.2 Å². The zero-order chi connectivity index (χ0) is 21.6. The molecule has 2 fully saturated rings. The fourth-order valence-corrected chi connectivity index (χ4v) is 4.23. The number of hydrogen-bond donors (Lipinski definition) is 2. The monoisotopic (exact) mass is 443 g/mol. The maximum absolute atomic E-state index is 6.29. The van der Waals surface area contributed by atoms with E-state index in [9.17, 15) is 0 Å². The van der Waals surface area contributed by atoms with Gasteiger partial charge in [-0.05, 0) is 37.1 Å². The van der Waals surface area contributed by atoms with Crippen LogP contribution in [-0.4, -0.2) is 67.9 Å². The minimum Gasteiger partial charge on any atom is -0.375 e. The molecule has 8 nitrogen and oxygen atoms in total. The number of nitrogens with one attached hydrogen (secondary N) is 2. The van der Waals surface area contributed by atoms with Gasteiger partial charge in [0.1, 0.15) is 11.6 Å². The zero-order valence-corrected chi connectivity index (χ0v) is 18.8. The van der Waals surface area contributed by atoms with Gasteiger partial charge in [-0.15, -0.1) is 0 Å². The normalized spacial score (nSPS) is 22.0. The number of morpholine rings is 1. The van der Waals surface area contributed by atoms with Gasteiger partial charge < -0.3 is 25.2 Å². The number of aromatic nitrogens is 2. The van der Waals surface area contributed by atoms with Crippen molar-refractivity contribution >= 4 is 29.2 Å². The van der Waals surface area contributed by atoms with E-state index in [4.69, 9.17) is 16.3 Å². The molecule has 2 unspecified atom stereocenters. The molecule has 2 saturated heterocycles. The van der Waals surface area contributed by atoms with E-state index in [-0.39, 0.29) is 12.1 Å². The molecule has 2 N–H and O–H groups in total. The first kappa shape index (κ1) is 21.6. The Morgan fingerprint density at radius 1 is 1.23 bits per heavy atom. The predicted octanol–water partition coefficient (Wildman–Crippen LogP) is 2.30. The molecule has 9 heteroatoms. The summed E-state index contributed by atoms with van der Waals surface area (Å²) in [6, 6.07) is 8.21. The summed E-state index contributed by atoms with van der Waals surface area (Å²) in [4.78, 5) is 17.9. The van der Waals surface area contributed by atoms with Gasteiger partial charge in [0.05, 0.1) is 17.7 Å². The molecule has 2 atom stereocenters. The molecule has 4 heterocycles. The van der Waals surface area contributed by atoms with Gasteiger partial charge in [-0.25, -0.2) is 9.97 Å². The summed E-state index contributed by atoms with van der Waals surface area (Å²) < 4.78 is 5.61. The summed E-state index contributed by atoms with van der Waals surface area (Å²) in [6.45, 7) is 7.02. The van der Waals surface area contributed by atoms with Gasteiger partial charge >= 0.3 is 0 Å². The van der Waals surface area contributed by atoms with Crippen molar-refractivity contribution < 1.29 is 4.74 Å². The quantitative estimate of drug-likeness (QED) is 0.542. The average molecular weight is 444 g/mol. The van der Waals surface area contributed by atoms with Crippen molar-refractivity contribution in [1.82, 2.24) is 20.6 Å². The number of nitrogens with zero attached hydrogens (tertiary/aromatic N) is 5. The second-order valence-corrected chi connectivity index (χ2v) is 8.37. The maximum Gasteiger partial charge on any atom is 0.191 e. The van der Waals surface area contributed by atoms with Crippen LogP contribution in [0.3, 0.4) is 0 Å². The highest BCUT2D eigenvalue weighted by Crippen LogP contribution is 2.25. The first-order chi connectivity index (χ1) is 15.1. The van der Waals surface area contributed by atoms with Crippen LogP contribution in [-0.2, 0) is 11.3 Å². The number of ether oxygens (including phenoxy) is 1. The Hall–Kier alpha value is -2.58. The number of pyridine rings is 2. The molecular weight excluding hydrogens is 414 g/mol. The molecule has 31 heavy (non-hydrogen) atoms. The lowest BCUT2D eigenvalue weighted by Gasteiger charge is -2.32. The van der Waals surface area contributed by atoms with Crippen LogP contribution in [0.5, 0.6) is 0 Å². The van der Waals surface area contributed by atoms with E-state index in [1.165, 1.54) is 0 Å². The molecule has 2 aromatic rings. The lowest BCUT2D eigenvalue weighted by Crippen LogP contribution is -2.44. The van der Waals surface area contributed by atoms with Crippen molar-refractivity contribution in [2.24, 2.45) is 4.99 Å². The molecule has 2 aliphatic rings. The molecule has 0 bridgehead atoms. The predicted molar refractivity (Wildman–Crippen MR) is 125 cm³/mol. The minimum atomic E-state index is 0.242. The molecule has 166 valence electrons. The Balaban J connectivity index is 1.27. The number of anilines is 2. The zero-order valence-electron chi connectivity index (χ0n) is 18.1. The third-order valence-corrected chi connectivity index (χ3v) is 5.92. The van der Waals surface area contributed by atoms with Crippen LogP contribution in [0.1, 0.15) is 18.9 Å². The Morgan fingerprint density at radius 2 is 2.13 bits per heavy atom. The molecule has 2 aliphatic heterocycles. The summed E-state index contributed by atoms with van der Waals surface area (Å²) in [5, 5.41) is 7.58. The number of aliphatic imine (C=N–C) groups is 1. The molecular formula is C22H30ClN7O. The smallest absolute Gasteiger partial charge is 0.191 e. The first-order valence-electron chi connectivity index (χ1n) is 10.8. The van der Waals surface area contributed by atoms with Crippen molar-refractivity contribution in [3.05, 3.63) is 47.2 Å². The van der Waals surface area contributed by atoms with Crippen molar-refractivity contribution in [3.63, 3.8) is 0 Å². The standard InChI is InChI=1S/C22H30ClN7O/c1-16-14-29(10-11-31-16)20-6-5-17(12-26-20)13-27-22(24-2)28-18-7-9-30(15-18)21-19(23)4-3-8-25-21/h3-6,8,12,16,18H,7,9-11,13-15H2,1-2H3,(H2,24,27,28). The summed E-state index contributed by atoms with van der Waals surface area (Å²) >= 11 is 6.29. The Bertz CT molecular complexity index is 892. The van der Waals surface area contributed by atoms with Crippen LogP contribution in [0.15, 0.2) is 41.7 Å². The molecule has 0 saturated carbocycles. The Morgan fingerprint density at radius 3 is 2.87 bits per heavy atom. The highest BCUT2D eigenvalue weighted by Gasteiger charge is 2.25. The number of halogens is 1. The number of guanidine groups is 1. The van der Waals surface area contributed by atoms with Gasteiger partial charge in [-0.2, -0.15) is 0 Å². The van der Waals surface area contributed by atoms with Crippen LogP contribution in [0, 0.1) is 0 Å². The topological polar surface area (TPSA) is 77.9 Å². The van der Waals surface area contributed by atoms with Gasteiger partial charge in [-0.1, -0.05) is 17.7 Å². The molecule has 0 radical (unpaired) electrons. The van der Waals surface area contributed by atoms with Crippen LogP contribution in [0.2, 0.25) is 5.02 Å². The summed E-state index contributed by atoms with van der Waals surface area (Å²) in [7, 11) is 1.79. The van der Waals surface area contributed by atoms with Crippen molar-refractivity contribution in [2.75, 3.05) is 49.6 Å². The van der Waals surface area contributed by atoms with Gasteiger partial charge in [0.25, 0.3) is 0 Å². The highest BCUT2D eigenvalue weighted by molar-refractivity contribution is 6.32.